The Morgan fingerprint density at radius 2 is 0.727 bits per heavy atom. The van der Waals surface area contributed by atoms with E-state index >= 15 is 0 Å². The van der Waals surface area contributed by atoms with Crippen LogP contribution in [0, 0.1) is 0 Å². The summed E-state index contributed by atoms with van der Waals surface area (Å²) in [5, 5.41) is 0. The molecule has 0 saturated carbocycles. The maximum Gasteiger partial charge on any atom is 0.424 e. The van der Waals surface area contributed by atoms with E-state index in [-0.39, 0.29) is 0 Å². The minimum Gasteiger partial charge on any atom is -0.328 e. The van der Waals surface area contributed by atoms with Gasteiger partial charge in [-0.2, -0.15) is 52.7 Å². The van der Waals surface area contributed by atoms with E-state index in [0.29, 0.717) is 0 Å². The molecule has 0 saturated heterocycles. The van der Waals surface area contributed by atoms with Gasteiger partial charge in [-0.3, -0.25) is 9.05 Å². The van der Waals surface area contributed by atoms with Gasteiger partial charge in [-0.15, -0.1) is 0 Å². The van der Waals surface area contributed by atoms with E-state index in [0.717, 1.165) is 0 Å². The standard InChI is InChI=1S/C6H3F12O3P/c7-3(8,9)1(4(10,11)12)20-22(19)21-2(5(13,14)15)6(16,17)18/h1-2,19H. The molecule has 3 nitrogen and oxygen atoms in total. The molecule has 0 unspecified atom stereocenters. The molecule has 0 spiro atoms. The molecule has 0 rings (SSSR count). The Hall–Kier alpha value is -0.530. The fraction of sp³-hybridized carbons (Fsp3) is 1.00. The van der Waals surface area contributed by atoms with Gasteiger partial charge in [0.2, 0.25) is 0 Å². The number of hydrogen-bond donors (Lipinski definition) is 1. The fourth-order valence-electron chi connectivity index (χ4n) is 0.815. The average Bonchev–Trinajstić information content (AvgIpc) is 2.15. The van der Waals surface area contributed by atoms with Crippen LogP contribution in [0.2, 0.25) is 0 Å². The van der Waals surface area contributed by atoms with E-state index in [1.807, 2.05) is 0 Å². The van der Waals surface area contributed by atoms with Crippen molar-refractivity contribution in [1.82, 2.24) is 0 Å². The SMILES string of the molecule is OP(OC(C(F)(F)F)C(F)(F)F)OC(C(F)(F)F)C(F)(F)F. The van der Waals surface area contributed by atoms with Crippen molar-refractivity contribution in [3.05, 3.63) is 0 Å². The van der Waals surface area contributed by atoms with Gasteiger partial charge >= 0.3 is 33.3 Å². The van der Waals surface area contributed by atoms with E-state index in [2.05, 4.69) is 9.05 Å². The van der Waals surface area contributed by atoms with Crippen LogP contribution in [0.25, 0.3) is 0 Å². The molecule has 0 radical (unpaired) electrons. The van der Waals surface area contributed by atoms with E-state index in [1.165, 1.54) is 0 Å². The predicted molar refractivity (Wildman–Crippen MR) is 43.1 cm³/mol. The monoisotopic (exact) mass is 382 g/mol. The summed E-state index contributed by atoms with van der Waals surface area (Å²) in [7, 11) is -4.80. The third kappa shape index (κ3) is 6.71. The predicted octanol–water partition coefficient (Wildman–Crippen LogP) is 4.23. The maximum absolute atomic E-state index is 11.9. The molecule has 0 aliphatic rings. The van der Waals surface area contributed by atoms with Crippen LogP contribution in [-0.2, 0) is 9.05 Å². The molecule has 0 aliphatic carbocycles. The van der Waals surface area contributed by atoms with Crippen molar-refractivity contribution in [1.29, 1.82) is 0 Å². The summed E-state index contributed by atoms with van der Waals surface area (Å²) in [4.78, 5) is 8.46. The summed E-state index contributed by atoms with van der Waals surface area (Å²) in [5.74, 6) is 0. The third-order valence-electron chi connectivity index (χ3n) is 1.58. The smallest absolute Gasteiger partial charge is 0.328 e. The van der Waals surface area contributed by atoms with Gasteiger partial charge in [0.1, 0.15) is 0 Å². The topological polar surface area (TPSA) is 38.7 Å². The first-order valence-corrected chi connectivity index (χ1v) is 5.59. The first kappa shape index (κ1) is 21.5. The zero-order valence-corrected chi connectivity index (χ0v) is 10.3. The van der Waals surface area contributed by atoms with Crippen LogP contribution in [0.3, 0.4) is 0 Å². The summed E-state index contributed by atoms with van der Waals surface area (Å²) in [6.07, 6.45) is -34.7. The van der Waals surface area contributed by atoms with E-state index in [1.54, 1.807) is 0 Å². The van der Waals surface area contributed by atoms with Crippen molar-refractivity contribution in [2.75, 3.05) is 0 Å². The lowest BCUT2D eigenvalue weighted by molar-refractivity contribution is -0.313. The lowest BCUT2D eigenvalue weighted by Crippen LogP contribution is -2.45. The zero-order valence-electron chi connectivity index (χ0n) is 9.40. The van der Waals surface area contributed by atoms with Crippen molar-refractivity contribution in [2.24, 2.45) is 0 Å². The van der Waals surface area contributed by atoms with Gasteiger partial charge in [0.05, 0.1) is 0 Å². The van der Waals surface area contributed by atoms with Gasteiger partial charge < -0.3 is 4.89 Å². The Bertz CT molecular complexity index is 294. The molecule has 1 N–H and O–H groups in total. The number of rotatable bonds is 4. The molecule has 134 valence electrons. The lowest BCUT2D eigenvalue weighted by Gasteiger charge is -2.28. The lowest BCUT2D eigenvalue weighted by atomic mass is 10.3. The van der Waals surface area contributed by atoms with Crippen molar-refractivity contribution >= 4 is 8.60 Å². The largest absolute Gasteiger partial charge is 0.424 e. The van der Waals surface area contributed by atoms with Gasteiger partial charge in [-0.1, -0.05) is 0 Å². The Labute approximate surface area is 113 Å². The van der Waals surface area contributed by atoms with Crippen LogP contribution in [0.15, 0.2) is 0 Å². The second-order valence-electron chi connectivity index (χ2n) is 3.38. The summed E-state index contributed by atoms with van der Waals surface area (Å²) in [5.41, 5.74) is 0. The van der Waals surface area contributed by atoms with E-state index in [9.17, 15) is 52.7 Å². The normalized spacial score (nSPS) is 15.3. The highest BCUT2D eigenvalue weighted by Crippen LogP contribution is 2.49. The van der Waals surface area contributed by atoms with Crippen LogP contribution in [0.4, 0.5) is 52.7 Å². The fourth-order valence-corrected chi connectivity index (χ4v) is 1.70. The minimum absolute atomic E-state index is 2.75. The van der Waals surface area contributed by atoms with Crippen molar-refractivity contribution in [3.63, 3.8) is 0 Å². The Morgan fingerprint density at radius 1 is 0.545 bits per heavy atom. The molecular weight excluding hydrogens is 379 g/mol. The zero-order chi connectivity index (χ0) is 18.1. The number of hydrogen-bond acceptors (Lipinski definition) is 3. The minimum atomic E-state index is -6.25. The molecule has 0 bridgehead atoms. The van der Waals surface area contributed by atoms with Crippen LogP contribution in [-0.4, -0.2) is 41.8 Å². The quantitative estimate of drug-likeness (QED) is 0.585. The van der Waals surface area contributed by atoms with Crippen LogP contribution < -0.4 is 0 Å². The molecule has 0 aliphatic heterocycles. The average molecular weight is 382 g/mol. The molecule has 0 heterocycles. The second kappa shape index (κ2) is 6.53. The van der Waals surface area contributed by atoms with Crippen LogP contribution >= 0.6 is 8.60 Å². The Balaban J connectivity index is 5.15. The first-order valence-electron chi connectivity index (χ1n) is 4.46. The van der Waals surface area contributed by atoms with Gasteiger partial charge in [0, 0.05) is 0 Å². The van der Waals surface area contributed by atoms with Crippen LogP contribution in [0.5, 0.6) is 0 Å². The van der Waals surface area contributed by atoms with E-state index in [4.69, 9.17) is 4.89 Å². The first-order chi connectivity index (χ1) is 9.37. The third-order valence-corrected chi connectivity index (χ3v) is 2.36. The molecular formula is C6H3F12O3P. The molecule has 0 atom stereocenters. The van der Waals surface area contributed by atoms with Gasteiger partial charge in [-0.25, -0.2) is 0 Å². The van der Waals surface area contributed by atoms with Gasteiger partial charge in [0.25, 0.3) is 12.2 Å². The van der Waals surface area contributed by atoms with Crippen molar-refractivity contribution in [3.8, 4) is 0 Å². The van der Waals surface area contributed by atoms with Crippen molar-refractivity contribution < 1.29 is 66.6 Å². The molecule has 22 heavy (non-hydrogen) atoms. The maximum atomic E-state index is 11.9. The highest BCUT2D eigenvalue weighted by molar-refractivity contribution is 7.40. The summed E-state index contributed by atoms with van der Waals surface area (Å²) in [6, 6.07) is 0. The van der Waals surface area contributed by atoms with Crippen molar-refractivity contribution in [2.45, 2.75) is 36.9 Å². The van der Waals surface area contributed by atoms with E-state index < -0.39 is 45.5 Å². The molecule has 16 heteroatoms. The molecule has 0 fully saturated rings. The molecule has 0 aromatic rings. The highest BCUT2D eigenvalue weighted by atomic mass is 31.2. The van der Waals surface area contributed by atoms with Gasteiger partial charge in [0.15, 0.2) is 0 Å². The number of halogens is 12. The highest BCUT2D eigenvalue weighted by Gasteiger charge is 2.62. The summed E-state index contributed by atoms with van der Waals surface area (Å²) in [6.45, 7) is 0. The second-order valence-corrected chi connectivity index (χ2v) is 4.27. The molecule has 0 aromatic carbocycles. The molecule has 0 aromatic heterocycles. The summed E-state index contributed by atoms with van der Waals surface area (Å²) < 4.78 is 149. The number of alkyl halides is 12. The Morgan fingerprint density at radius 3 is 0.864 bits per heavy atom. The summed E-state index contributed by atoms with van der Waals surface area (Å²) >= 11 is 0. The molecule has 0 amide bonds. The van der Waals surface area contributed by atoms with Gasteiger partial charge in [-0.05, 0) is 0 Å². The van der Waals surface area contributed by atoms with Crippen LogP contribution in [0.1, 0.15) is 0 Å². The Kier molecular flexibility index (Phi) is 6.37.